The van der Waals surface area contributed by atoms with Crippen LogP contribution >= 0.6 is 0 Å². The number of nitrogens with zero attached hydrogens (tertiary/aromatic N) is 2. The molecule has 2 aliphatic heterocycles. The molecule has 2 heterocycles. The molecule has 0 aliphatic carbocycles. The Labute approximate surface area is 160 Å². The Bertz CT molecular complexity index is 499. The molecule has 2 fully saturated rings. The summed E-state index contributed by atoms with van der Waals surface area (Å²) >= 11 is 0. The predicted molar refractivity (Wildman–Crippen MR) is 110 cm³/mol. The molecule has 0 amide bonds. The molecule has 26 heavy (non-hydrogen) atoms. The summed E-state index contributed by atoms with van der Waals surface area (Å²) in [6.07, 6.45) is 8.02. The van der Waals surface area contributed by atoms with Crippen LogP contribution in [-0.4, -0.2) is 48.2 Å². The van der Waals surface area contributed by atoms with E-state index in [0.717, 1.165) is 19.6 Å². The van der Waals surface area contributed by atoms with E-state index in [9.17, 15) is 0 Å². The van der Waals surface area contributed by atoms with Crippen molar-refractivity contribution in [2.75, 3.05) is 26.2 Å². The topological polar surface area (TPSA) is 30.5 Å². The van der Waals surface area contributed by atoms with Crippen LogP contribution < -0.4 is 10.7 Å². The van der Waals surface area contributed by atoms with Crippen LogP contribution in [0.1, 0.15) is 63.5 Å². The van der Waals surface area contributed by atoms with Gasteiger partial charge in [-0.1, -0.05) is 30.7 Å². The number of likely N-dealkylation sites (tertiary alicyclic amines) is 1. The second kappa shape index (κ2) is 10.4. The molecule has 2 saturated heterocycles. The van der Waals surface area contributed by atoms with E-state index in [-0.39, 0.29) is 0 Å². The maximum absolute atomic E-state index is 3.66. The van der Waals surface area contributed by atoms with Gasteiger partial charge in [-0.05, 0) is 83.3 Å². The monoisotopic (exact) mass is 358 g/mol. The first-order valence-corrected chi connectivity index (χ1v) is 10.7. The van der Waals surface area contributed by atoms with E-state index in [0.29, 0.717) is 12.1 Å². The quantitative estimate of drug-likeness (QED) is 0.661. The molecule has 0 spiro atoms. The molecule has 146 valence electrons. The maximum Gasteiger partial charge on any atom is 0.0353 e. The first kappa shape index (κ1) is 19.8. The molecule has 1 aromatic rings. The van der Waals surface area contributed by atoms with Gasteiger partial charge in [-0.3, -0.25) is 5.43 Å². The summed E-state index contributed by atoms with van der Waals surface area (Å²) in [6, 6.07) is 10.4. The van der Waals surface area contributed by atoms with Gasteiger partial charge in [0.25, 0.3) is 0 Å². The lowest BCUT2D eigenvalue weighted by molar-refractivity contribution is 0.0435. The lowest BCUT2D eigenvalue weighted by Gasteiger charge is -2.39. The minimum atomic E-state index is 0.641. The summed E-state index contributed by atoms with van der Waals surface area (Å²) < 4.78 is 0. The molecule has 2 aliphatic rings. The Balaban J connectivity index is 1.32. The van der Waals surface area contributed by atoms with E-state index in [1.165, 1.54) is 69.3 Å². The van der Waals surface area contributed by atoms with Gasteiger partial charge in [-0.2, -0.15) is 0 Å². The number of hydrogen-bond donors (Lipinski definition) is 2. The third-order valence-electron chi connectivity index (χ3n) is 6.04. The average Bonchev–Trinajstić information content (AvgIpc) is 3.16. The third kappa shape index (κ3) is 6.05. The van der Waals surface area contributed by atoms with Crippen LogP contribution in [0, 0.1) is 0 Å². The normalized spacial score (nSPS) is 25.0. The molecule has 2 N–H and O–H groups in total. The Morgan fingerprint density at radius 2 is 1.50 bits per heavy atom. The van der Waals surface area contributed by atoms with Crippen LogP contribution in [0.15, 0.2) is 24.3 Å². The van der Waals surface area contributed by atoms with Crippen molar-refractivity contribution in [2.24, 2.45) is 0 Å². The van der Waals surface area contributed by atoms with Crippen molar-refractivity contribution in [1.82, 2.24) is 20.7 Å². The SMILES string of the molecule is CC1CCCC(C)N1NCc1ccc(CNCCCN2CCCC2)cc1. The summed E-state index contributed by atoms with van der Waals surface area (Å²) in [5.41, 5.74) is 6.41. The lowest BCUT2D eigenvalue weighted by atomic mass is 10.00. The number of hydrazine groups is 1. The molecule has 0 radical (unpaired) electrons. The molecular weight excluding hydrogens is 320 g/mol. The van der Waals surface area contributed by atoms with E-state index < -0.39 is 0 Å². The lowest BCUT2D eigenvalue weighted by Crippen LogP contribution is -2.51. The number of rotatable bonds is 9. The van der Waals surface area contributed by atoms with Gasteiger partial charge in [0.2, 0.25) is 0 Å². The Morgan fingerprint density at radius 3 is 2.15 bits per heavy atom. The van der Waals surface area contributed by atoms with Gasteiger partial charge in [0.15, 0.2) is 0 Å². The summed E-state index contributed by atoms with van der Waals surface area (Å²) in [5.74, 6) is 0. The molecule has 1 aromatic carbocycles. The van der Waals surface area contributed by atoms with Gasteiger partial charge < -0.3 is 10.2 Å². The van der Waals surface area contributed by atoms with E-state index in [1.54, 1.807) is 0 Å². The van der Waals surface area contributed by atoms with E-state index >= 15 is 0 Å². The largest absolute Gasteiger partial charge is 0.313 e. The molecule has 0 bridgehead atoms. The zero-order valence-electron chi connectivity index (χ0n) is 16.8. The standard InChI is InChI=1S/C22H38N4/c1-19-7-5-8-20(2)26(19)24-18-22-11-9-21(10-12-22)17-23-13-6-16-25-14-3-4-15-25/h9-12,19-20,23-24H,3-8,13-18H2,1-2H3. The highest BCUT2D eigenvalue weighted by Crippen LogP contribution is 2.20. The highest BCUT2D eigenvalue weighted by Gasteiger charge is 2.23. The number of benzene rings is 1. The second-order valence-corrected chi connectivity index (χ2v) is 8.27. The smallest absolute Gasteiger partial charge is 0.0353 e. The van der Waals surface area contributed by atoms with E-state index in [2.05, 4.69) is 58.8 Å². The fraction of sp³-hybridized carbons (Fsp3) is 0.727. The van der Waals surface area contributed by atoms with Crippen LogP contribution in [0.5, 0.6) is 0 Å². The minimum absolute atomic E-state index is 0.641. The molecule has 2 atom stereocenters. The zero-order valence-corrected chi connectivity index (χ0v) is 16.8. The molecule has 0 aromatic heterocycles. The van der Waals surface area contributed by atoms with Crippen LogP contribution in [0.3, 0.4) is 0 Å². The van der Waals surface area contributed by atoms with Crippen molar-refractivity contribution < 1.29 is 0 Å². The van der Waals surface area contributed by atoms with E-state index in [1.807, 2.05) is 0 Å². The predicted octanol–water partition coefficient (Wildman–Crippen LogP) is 3.53. The van der Waals surface area contributed by atoms with Crippen molar-refractivity contribution in [3.8, 4) is 0 Å². The Hall–Kier alpha value is -0.940. The fourth-order valence-electron chi connectivity index (χ4n) is 4.36. The van der Waals surface area contributed by atoms with Gasteiger partial charge in [-0.15, -0.1) is 0 Å². The van der Waals surface area contributed by atoms with Crippen molar-refractivity contribution in [3.05, 3.63) is 35.4 Å². The number of nitrogens with one attached hydrogen (secondary N) is 2. The highest BCUT2D eigenvalue weighted by molar-refractivity contribution is 5.22. The number of hydrogen-bond acceptors (Lipinski definition) is 4. The molecule has 3 rings (SSSR count). The van der Waals surface area contributed by atoms with Gasteiger partial charge in [0.1, 0.15) is 0 Å². The van der Waals surface area contributed by atoms with Gasteiger partial charge in [-0.25, -0.2) is 5.01 Å². The number of piperidine rings is 1. The molecule has 4 heteroatoms. The molecule has 2 unspecified atom stereocenters. The Kier molecular flexibility index (Phi) is 7.93. The summed E-state index contributed by atoms with van der Waals surface area (Å²) in [6.45, 7) is 11.6. The second-order valence-electron chi connectivity index (χ2n) is 8.27. The molecule has 0 saturated carbocycles. The molecule has 4 nitrogen and oxygen atoms in total. The van der Waals surface area contributed by atoms with Crippen molar-refractivity contribution in [3.63, 3.8) is 0 Å². The Morgan fingerprint density at radius 1 is 0.885 bits per heavy atom. The first-order chi connectivity index (χ1) is 12.7. The van der Waals surface area contributed by atoms with Crippen LogP contribution in [0.2, 0.25) is 0 Å². The van der Waals surface area contributed by atoms with Gasteiger partial charge in [0, 0.05) is 25.2 Å². The maximum atomic E-state index is 3.66. The average molecular weight is 359 g/mol. The van der Waals surface area contributed by atoms with Crippen molar-refractivity contribution >= 4 is 0 Å². The summed E-state index contributed by atoms with van der Waals surface area (Å²) in [5, 5.41) is 6.05. The van der Waals surface area contributed by atoms with Gasteiger partial charge >= 0.3 is 0 Å². The van der Waals surface area contributed by atoms with Crippen LogP contribution in [0.25, 0.3) is 0 Å². The van der Waals surface area contributed by atoms with Crippen LogP contribution in [-0.2, 0) is 13.1 Å². The fourth-order valence-corrected chi connectivity index (χ4v) is 4.36. The zero-order chi connectivity index (χ0) is 18.2. The van der Waals surface area contributed by atoms with Gasteiger partial charge in [0.05, 0.1) is 0 Å². The van der Waals surface area contributed by atoms with Crippen LogP contribution in [0.4, 0.5) is 0 Å². The highest BCUT2D eigenvalue weighted by atomic mass is 15.5. The first-order valence-electron chi connectivity index (χ1n) is 10.7. The van der Waals surface area contributed by atoms with Crippen molar-refractivity contribution in [2.45, 2.75) is 77.5 Å². The summed E-state index contributed by atoms with van der Waals surface area (Å²) in [4.78, 5) is 2.59. The van der Waals surface area contributed by atoms with E-state index in [4.69, 9.17) is 0 Å². The summed E-state index contributed by atoms with van der Waals surface area (Å²) in [7, 11) is 0. The van der Waals surface area contributed by atoms with Crippen molar-refractivity contribution in [1.29, 1.82) is 0 Å². The molecular formula is C22H38N4. The minimum Gasteiger partial charge on any atom is -0.313 e. The third-order valence-corrected chi connectivity index (χ3v) is 6.04.